The highest BCUT2D eigenvalue weighted by Crippen LogP contribution is 2.25. The lowest BCUT2D eigenvalue weighted by Gasteiger charge is -2.36. The molecule has 132 valence electrons. The number of anilines is 1. The normalized spacial score (nSPS) is 21.1. The number of nitrogens with one attached hydrogen (secondary N) is 1. The molecule has 1 heterocycles. The molecule has 5 heteroatoms. The van der Waals surface area contributed by atoms with Gasteiger partial charge in [-0.1, -0.05) is 30.3 Å². The molecule has 1 amide bonds. The minimum absolute atomic E-state index is 0.0118. The standard InChI is InChI=1S/C20H23IN2O2/c1-14-10-17(21)8-9-18(14)22-20(24)13-23-11-15(2)25-19(12-23)16-6-4-3-5-7-16/h3-10,15,19H,11-13H2,1-2H3,(H,22,24). The molecule has 2 unspecified atom stereocenters. The predicted molar refractivity (Wildman–Crippen MR) is 109 cm³/mol. The fourth-order valence-corrected chi connectivity index (χ4v) is 3.83. The van der Waals surface area contributed by atoms with Gasteiger partial charge in [-0.25, -0.2) is 0 Å². The quantitative estimate of drug-likeness (QED) is 0.717. The van der Waals surface area contributed by atoms with Gasteiger partial charge < -0.3 is 10.1 Å². The fourth-order valence-electron chi connectivity index (χ4n) is 3.18. The number of benzene rings is 2. The number of halogens is 1. The van der Waals surface area contributed by atoms with Gasteiger partial charge in [0.25, 0.3) is 0 Å². The number of ether oxygens (including phenoxy) is 1. The average Bonchev–Trinajstić information content (AvgIpc) is 2.58. The number of nitrogens with zero attached hydrogens (tertiary/aromatic N) is 1. The van der Waals surface area contributed by atoms with E-state index in [1.54, 1.807) is 0 Å². The zero-order valence-electron chi connectivity index (χ0n) is 14.5. The van der Waals surface area contributed by atoms with E-state index in [2.05, 4.69) is 57.9 Å². The summed E-state index contributed by atoms with van der Waals surface area (Å²) in [6.07, 6.45) is 0.115. The Morgan fingerprint density at radius 3 is 2.72 bits per heavy atom. The van der Waals surface area contributed by atoms with Crippen LogP contribution in [0.3, 0.4) is 0 Å². The Hall–Kier alpha value is -1.44. The van der Waals surface area contributed by atoms with Crippen LogP contribution in [-0.2, 0) is 9.53 Å². The van der Waals surface area contributed by atoms with Crippen molar-refractivity contribution >= 4 is 34.2 Å². The Balaban J connectivity index is 1.62. The first-order valence-electron chi connectivity index (χ1n) is 8.50. The van der Waals surface area contributed by atoms with Crippen LogP contribution in [0, 0.1) is 10.5 Å². The van der Waals surface area contributed by atoms with Crippen LogP contribution in [0.5, 0.6) is 0 Å². The predicted octanol–water partition coefficient (Wildman–Crippen LogP) is 4.00. The van der Waals surface area contributed by atoms with E-state index < -0.39 is 0 Å². The monoisotopic (exact) mass is 450 g/mol. The van der Waals surface area contributed by atoms with E-state index in [4.69, 9.17) is 4.74 Å². The van der Waals surface area contributed by atoms with Crippen LogP contribution in [0.25, 0.3) is 0 Å². The Kier molecular flexibility index (Phi) is 6.09. The van der Waals surface area contributed by atoms with Crippen molar-refractivity contribution in [3.63, 3.8) is 0 Å². The maximum atomic E-state index is 12.5. The molecule has 0 bridgehead atoms. The molecule has 2 atom stereocenters. The molecule has 0 spiro atoms. The molecule has 4 nitrogen and oxygen atoms in total. The maximum Gasteiger partial charge on any atom is 0.238 e. The first kappa shape index (κ1) is 18.4. The minimum Gasteiger partial charge on any atom is -0.368 e. The minimum atomic E-state index is 0.0118. The second kappa shape index (κ2) is 8.29. The van der Waals surface area contributed by atoms with Gasteiger partial charge in [0.15, 0.2) is 0 Å². The molecule has 25 heavy (non-hydrogen) atoms. The number of rotatable bonds is 4. The summed E-state index contributed by atoms with van der Waals surface area (Å²) in [6, 6.07) is 16.2. The second-order valence-corrected chi connectivity index (χ2v) is 7.79. The molecule has 1 aliphatic rings. The highest BCUT2D eigenvalue weighted by atomic mass is 127. The summed E-state index contributed by atoms with van der Waals surface area (Å²) < 4.78 is 7.23. The second-order valence-electron chi connectivity index (χ2n) is 6.55. The third-order valence-corrected chi connectivity index (χ3v) is 5.01. The van der Waals surface area contributed by atoms with Crippen molar-refractivity contribution in [1.82, 2.24) is 4.90 Å². The summed E-state index contributed by atoms with van der Waals surface area (Å²) in [7, 11) is 0. The third kappa shape index (κ3) is 5.03. The smallest absolute Gasteiger partial charge is 0.238 e. The van der Waals surface area contributed by atoms with E-state index in [-0.39, 0.29) is 18.1 Å². The first-order valence-corrected chi connectivity index (χ1v) is 9.58. The summed E-state index contributed by atoms with van der Waals surface area (Å²) in [5.41, 5.74) is 3.12. The van der Waals surface area contributed by atoms with Crippen LogP contribution in [0.4, 0.5) is 5.69 Å². The zero-order valence-corrected chi connectivity index (χ0v) is 16.7. The van der Waals surface area contributed by atoms with Gasteiger partial charge in [0.05, 0.1) is 18.8 Å². The number of amides is 1. The van der Waals surface area contributed by atoms with Crippen molar-refractivity contribution in [3.8, 4) is 0 Å². The van der Waals surface area contributed by atoms with Gasteiger partial charge in [-0.05, 0) is 65.8 Å². The SMILES string of the molecule is Cc1cc(I)ccc1NC(=O)CN1CC(C)OC(c2ccccc2)C1. The van der Waals surface area contributed by atoms with Gasteiger partial charge in [-0.2, -0.15) is 0 Å². The number of carbonyl (C=O) groups excluding carboxylic acids is 1. The summed E-state index contributed by atoms with van der Waals surface area (Å²) in [4.78, 5) is 14.6. The van der Waals surface area contributed by atoms with Crippen LogP contribution in [0.15, 0.2) is 48.5 Å². The van der Waals surface area contributed by atoms with Gasteiger partial charge in [0.1, 0.15) is 0 Å². The molecule has 1 fully saturated rings. The Labute approximate surface area is 162 Å². The summed E-state index contributed by atoms with van der Waals surface area (Å²) in [5, 5.41) is 3.03. The summed E-state index contributed by atoms with van der Waals surface area (Å²) >= 11 is 2.28. The highest BCUT2D eigenvalue weighted by Gasteiger charge is 2.27. The van der Waals surface area contributed by atoms with Gasteiger partial charge in [0.2, 0.25) is 5.91 Å². The molecular weight excluding hydrogens is 427 g/mol. The number of hydrogen-bond donors (Lipinski definition) is 1. The summed E-state index contributed by atoms with van der Waals surface area (Å²) in [5.74, 6) is 0.0187. The molecule has 1 saturated heterocycles. The molecule has 0 radical (unpaired) electrons. The fraction of sp³-hybridized carbons (Fsp3) is 0.350. The largest absolute Gasteiger partial charge is 0.368 e. The molecule has 0 aliphatic carbocycles. The third-order valence-electron chi connectivity index (χ3n) is 4.34. The van der Waals surface area contributed by atoms with Gasteiger partial charge in [-0.15, -0.1) is 0 Å². The Bertz CT molecular complexity index is 736. The van der Waals surface area contributed by atoms with E-state index in [0.717, 1.165) is 29.9 Å². The topological polar surface area (TPSA) is 41.6 Å². The molecule has 1 aliphatic heterocycles. The van der Waals surface area contributed by atoms with E-state index in [9.17, 15) is 4.79 Å². The molecule has 1 N–H and O–H groups in total. The van der Waals surface area contributed by atoms with Crippen molar-refractivity contribution in [2.24, 2.45) is 0 Å². The van der Waals surface area contributed by atoms with Crippen LogP contribution in [0.1, 0.15) is 24.2 Å². The lowest BCUT2D eigenvalue weighted by atomic mass is 10.1. The van der Waals surface area contributed by atoms with Crippen LogP contribution < -0.4 is 5.32 Å². The molecule has 0 aromatic heterocycles. The number of hydrogen-bond acceptors (Lipinski definition) is 3. The first-order chi connectivity index (χ1) is 12.0. The number of carbonyl (C=O) groups is 1. The average molecular weight is 450 g/mol. The van der Waals surface area contributed by atoms with E-state index >= 15 is 0 Å². The Morgan fingerprint density at radius 2 is 2.00 bits per heavy atom. The van der Waals surface area contributed by atoms with Crippen LogP contribution in [-0.4, -0.2) is 36.5 Å². The van der Waals surface area contributed by atoms with E-state index in [0.29, 0.717) is 6.54 Å². The molecule has 2 aromatic rings. The van der Waals surface area contributed by atoms with Crippen molar-refractivity contribution in [2.75, 3.05) is 25.0 Å². The lowest BCUT2D eigenvalue weighted by Crippen LogP contribution is -2.46. The van der Waals surface area contributed by atoms with Crippen molar-refractivity contribution < 1.29 is 9.53 Å². The van der Waals surface area contributed by atoms with Crippen LogP contribution in [0.2, 0.25) is 0 Å². The van der Waals surface area contributed by atoms with Gasteiger partial charge in [-0.3, -0.25) is 9.69 Å². The molecular formula is C20H23IN2O2. The number of morpholine rings is 1. The highest BCUT2D eigenvalue weighted by molar-refractivity contribution is 14.1. The molecule has 3 rings (SSSR count). The summed E-state index contributed by atoms with van der Waals surface area (Å²) in [6.45, 7) is 5.95. The number of aryl methyl sites for hydroxylation is 1. The van der Waals surface area contributed by atoms with Crippen molar-refractivity contribution in [2.45, 2.75) is 26.1 Å². The van der Waals surface area contributed by atoms with Crippen molar-refractivity contribution in [1.29, 1.82) is 0 Å². The molecule has 0 saturated carbocycles. The zero-order chi connectivity index (χ0) is 17.8. The Morgan fingerprint density at radius 1 is 1.24 bits per heavy atom. The van der Waals surface area contributed by atoms with Crippen molar-refractivity contribution in [3.05, 3.63) is 63.2 Å². The lowest BCUT2D eigenvalue weighted by molar-refractivity contribution is -0.122. The van der Waals surface area contributed by atoms with Crippen LogP contribution >= 0.6 is 22.6 Å². The van der Waals surface area contributed by atoms with E-state index in [1.807, 2.05) is 37.3 Å². The molecule has 2 aromatic carbocycles. The maximum absolute atomic E-state index is 12.5. The van der Waals surface area contributed by atoms with E-state index in [1.165, 1.54) is 3.57 Å². The van der Waals surface area contributed by atoms with Gasteiger partial charge in [0, 0.05) is 22.3 Å². The van der Waals surface area contributed by atoms with Gasteiger partial charge >= 0.3 is 0 Å².